The predicted octanol–water partition coefficient (Wildman–Crippen LogP) is 9.28. The van der Waals surface area contributed by atoms with Crippen molar-refractivity contribution in [1.82, 2.24) is 5.32 Å². The second kappa shape index (κ2) is 24.1. The third-order valence-electron chi connectivity index (χ3n) is 8.24. The lowest BCUT2D eigenvalue weighted by atomic mass is 10.1. The van der Waals surface area contributed by atoms with Gasteiger partial charge in [-0.15, -0.1) is 0 Å². The van der Waals surface area contributed by atoms with Crippen LogP contribution in [-0.2, 0) is 22.7 Å². The van der Waals surface area contributed by atoms with Gasteiger partial charge >= 0.3 is 0 Å². The highest BCUT2D eigenvalue weighted by Gasteiger charge is 2.08. The summed E-state index contributed by atoms with van der Waals surface area (Å²) in [5.41, 5.74) is 4.51. The van der Waals surface area contributed by atoms with Crippen LogP contribution in [0.4, 0.5) is 0 Å². The van der Waals surface area contributed by atoms with Crippen LogP contribution in [0.15, 0.2) is 97.6 Å². The fourth-order valence-electron chi connectivity index (χ4n) is 5.47. The van der Waals surface area contributed by atoms with Gasteiger partial charge < -0.3 is 14.8 Å². The van der Waals surface area contributed by atoms with Gasteiger partial charge in [-0.1, -0.05) is 70.2 Å². The summed E-state index contributed by atoms with van der Waals surface area (Å²) in [4.78, 5) is 24.7. The largest absolute Gasteiger partial charge is 0.491 e. The molecule has 0 fully saturated rings. The average Bonchev–Trinajstić information content (AvgIpc) is 3.16. The Morgan fingerprint density at radius 3 is 1.44 bits per heavy atom. The summed E-state index contributed by atoms with van der Waals surface area (Å²) < 4.78 is 15.7. The zero-order chi connectivity index (χ0) is 38.4. The monoisotopic (exact) mass is 767 g/mol. The van der Waals surface area contributed by atoms with E-state index in [1.165, 1.54) is 0 Å². The molecular formula is C45H57N3O4S2+2. The molecule has 1 N–H and O–H groups in total. The van der Waals surface area contributed by atoms with Crippen molar-refractivity contribution in [2.45, 2.75) is 91.5 Å². The summed E-state index contributed by atoms with van der Waals surface area (Å²) in [6, 6.07) is 24.6. The van der Waals surface area contributed by atoms with E-state index in [9.17, 15) is 9.59 Å². The number of nitrogens with one attached hydrogen (secondary N) is 1. The Bertz CT molecular complexity index is 1610. The minimum Gasteiger partial charge on any atom is -0.491 e. The van der Waals surface area contributed by atoms with Crippen LogP contribution in [0.2, 0.25) is 0 Å². The molecule has 2 aromatic carbocycles. The highest BCUT2D eigenvalue weighted by molar-refractivity contribution is 8.76. The Morgan fingerprint density at radius 1 is 0.574 bits per heavy atom. The van der Waals surface area contributed by atoms with Crippen LogP contribution < -0.4 is 23.9 Å². The quantitative estimate of drug-likeness (QED) is 0.0436. The number of aryl methyl sites for hydroxylation is 2. The summed E-state index contributed by atoms with van der Waals surface area (Å²) in [7, 11) is 3.54. The fourth-order valence-corrected chi connectivity index (χ4v) is 7.47. The summed E-state index contributed by atoms with van der Waals surface area (Å²) in [5, 5.41) is 3.03. The van der Waals surface area contributed by atoms with E-state index < -0.39 is 0 Å². The van der Waals surface area contributed by atoms with E-state index in [4.69, 9.17) is 9.47 Å². The molecule has 0 radical (unpaired) electrons. The Hall–Kier alpha value is -4.34. The summed E-state index contributed by atoms with van der Waals surface area (Å²) in [6.07, 6.45) is 21.3. The van der Waals surface area contributed by atoms with Gasteiger partial charge in [-0.05, 0) is 80.6 Å². The molecule has 4 rings (SSSR count). The average molecular weight is 768 g/mol. The third-order valence-corrected chi connectivity index (χ3v) is 10.7. The molecule has 9 heteroatoms. The molecule has 0 saturated carbocycles. The first kappa shape index (κ1) is 42.4. The van der Waals surface area contributed by atoms with Crippen LogP contribution in [0.3, 0.4) is 0 Å². The third kappa shape index (κ3) is 17.7. The summed E-state index contributed by atoms with van der Waals surface area (Å²) in [6.45, 7) is 10.4. The number of amides is 1. The first-order valence-electron chi connectivity index (χ1n) is 19.1. The fraction of sp³-hybridized carbons (Fsp3) is 0.378. The SMILES string of the molecule is CC(C)Oc1ccc(/C=C/c2cc[n+](CCCC(=O)CCCSSCCNC(=O)CCC[n+]3ccc(/C=C/c4ccc(OC(C)C)cc4)cc3)cc2)cc1. The first-order valence-corrected chi connectivity index (χ1v) is 21.6. The number of hydrogen-bond donors (Lipinski definition) is 1. The highest BCUT2D eigenvalue weighted by atomic mass is 33.1. The molecule has 0 aliphatic rings. The zero-order valence-electron chi connectivity index (χ0n) is 32.3. The van der Waals surface area contributed by atoms with E-state index in [2.05, 4.69) is 112 Å². The number of ether oxygens (including phenoxy) is 2. The Labute approximate surface area is 330 Å². The van der Waals surface area contributed by atoms with Gasteiger partial charge in [-0.25, -0.2) is 9.13 Å². The van der Waals surface area contributed by atoms with Crippen molar-refractivity contribution < 1.29 is 28.2 Å². The second-order valence-electron chi connectivity index (χ2n) is 13.7. The van der Waals surface area contributed by atoms with Gasteiger partial charge in [0.1, 0.15) is 30.4 Å². The number of carbonyl (C=O) groups is 2. The van der Waals surface area contributed by atoms with Crippen molar-refractivity contribution in [1.29, 1.82) is 0 Å². The number of rotatable bonds is 24. The van der Waals surface area contributed by atoms with Gasteiger partial charge in [0.25, 0.3) is 0 Å². The first-order chi connectivity index (χ1) is 26.2. The lowest BCUT2D eigenvalue weighted by Gasteiger charge is -2.09. The molecule has 286 valence electrons. The molecule has 4 aromatic rings. The zero-order valence-corrected chi connectivity index (χ0v) is 34.0. The van der Waals surface area contributed by atoms with E-state index in [1.54, 1.807) is 21.6 Å². The van der Waals surface area contributed by atoms with Gasteiger partial charge in [0.05, 0.1) is 12.2 Å². The van der Waals surface area contributed by atoms with Crippen molar-refractivity contribution in [3.63, 3.8) is 0 Å². The van der Waals surface area contributed by atoms with Gasteiger partial charge in [-0.2, -0.15) is 0 Å². The molecule has 1 amide bonds. The number of aromatic nitrogens is 2. The predicted molar refractivity (Wildman–Crippen MR) is 226 cm³/mol. The minimum absolute atomic E-state index is 0.0944. The van der Waals surface area contributed by atoms with Crippen LogP contribution >= 0.6 is 21.6 Å². The molecule has 2 heterocycles. The lowest BCUT2D eigenvalue weighted by Crippen LogP contribution is -2.34. The molecule has 0 aliphatic carbocycles. The number of benzene rings is 2. The Balaban J connectivity index is 0.965. The van der Waals surface area contributed by atoms with E-state index in [0.717, 1.165) is 77.6 Å². The Kier molecular flexibility index (Phi) is 19.0. The number of carbonyl (C=O) groups excluding carboxylic acids is 2. The highest BCUT2D eigenvalue weighted by Crippen LogP contribution is 2.22. The minimum atomic E-state index is 0.0944. The van der Waals surface area contributed by atoms with Crippen LogP contribution in [0.1, 0.15) is 88.5 Å². The van der Waals surface area contributed by atoms with Crippen LogP contribution in [0.25, 0.3) is 24.3 Å². The summed E-state index contributed by atoms with van der Waals surface area (Å²) >= 11 is 0. The number of Topliss-reactive ketones (excluding diaryl/α,β-unsaturated/α-hetero) is 1. The van der Waals surface area contributed by atoms with Crippen LogP contribution in [-0.4, -0.2) is 41.9 Å². The second-order valence-corrected chi connectivity index (χ2v) is 16.4. The van der Waals surface area contributed by atoms with Crippen LogP contribution in [0, 0.1) is 0 Å². The maximum atomic E-state index is 12.4. The molecule has 0 aliphatic heterocycles. The van der Waals surface area contributed by atoms with Crippen molar-refractivity contribution in [3.05, 3.63) is 120 Å². The van der Waals surface area contributed by atoms with Gasteiger partial charge in [0.2, 0.25) is 5.91 Å². The van der Waals surface area contributed by atoms with E-state index >= 15 is 0 Å². The smallest absolute Gasteiger partial charge is 0.220 e. The molecule has 0 spiro atoms. The van der Waals surface area contributed by atoms with Gasteiger partial charge in [0, 0.05) is 74.4 Å². The topological polar surface area (TPSA) is 72.4 Å². The molecule has 54 heavy (non-hydrogen) atoms. The molecule has 0 bridgehead atoms. The maximum Gasteiger partial charge on any atom is 0.220 e. The molecule has 2 aromatic heterocycles. The number of nitrogens with zero attached hydrogens (tertiary/aromatic N) is 2. The number of hydrogen-bond acceptors (Lipinski definition) is 6. The molecule has 0 unspecified atom stereocenters. The van der Waals surface area contributed by atoms with Crippen molar-refractivity contribution >= 4 is 57.6 Å². The Morgan fingerprint density at radius 2 is 0.981 bits per heavy atom. The maximum absolute atomic E-state index is 12.4. The molecule has 7 nitrogen and oxygen atoms in total. The standard InChI is InChI=1S/C45H56N3O4S2/c1-36(2)51-43-19-15-38(16-20-43)11-13-40-23-30-47(31-24-40)28-5-8-42(49)9-7-34-53-54-35-27-46-45(50)10-6-29-48-32-25-41(26-33-48)14-12-39-17-21-44(22-18-39)52-37(3)4/h11-26,30-33,36-37H,5-10,27-29,34-35H2,1-4H3/q+1/p+1/b13-11+,14-12+. The van der Waals surface area contributed by atoms with E-state index in [0.29, 0.717) is 31.6 Å². The molecule has 0 saturated heterocycles. The van der Waals surface area contributed by atoms with Gasteiger partial charge in [-0.3, -0.25) is 9.59 Å². The normalized spacial score (nSPS) is 11.5. The van der Waals surface area contributed by atoms with Crippen molar-refractivity contribution in [2.75, 3.05) is 18.1 Å². The summed E-state index contributed by atoms with van der Waals surface area (Å²) in [5.74, 6) is 3.99. The number of ketones is 1. The molecule has 0 atom stereocenters. The van der Waals surface area contributed by atoms with E-state index in [-0.39, 0.29) is 18.1 Å². The van der Waals surface area contributed by atoms with Crippen LogP contribution in [0.5, 0.6) is 11.5 Å². The van der Waals surface area contributed by atoms with Gasteiger partial charge in [0.15, 0.2) is 24.8 Å². The number of pyridine rings is 2. The van der Waals surface area contributed by atoms with Crippen molar-refractivity contribution in [3.8, 4) is 11.5 Å². The lowest BCUT2D eigenvalue weighted by molar-refractivity contribution is -0.697. The van der Waals surface area contributed by atoms with E-state index in [1.807, 2.05) is 52.0 Å². The molecular weight excluding hydrogens is 711 g/mol. The van der Waals surface area contributed by atoms with Crippen molar-refractivity contribution in [2.24, 2.45) is 0 Å².